The summed E-state index contributed by atoms with van der Waals surface area (Å²) in [6, 6.07) is 13.6. The number of rotatable bonds is 6. The van der Waals surface area contributed by atoms with Gasteiger partial charge in [0.05, 0.1) is 5.52 Å². The Morgan fingerprint density at radius 1 is 1.06 bits per heavy atom. The van der Waals surface area contributed by atoms with Crippen LogP contribution in [0.3, 0.4) is 0 Å². The highest BCUT2D eigenvalue weighted by Gasteiger charge is 2.24. The van der Waals surface area contributed by atoms with E-state index in [-0.39, 0.29) is 23.6 Å². The van der Waals surface area contributed by atoms with Gasteiger partial charge < -0.3 is 26.7 Å². The Kier molecular flexibility index (Phi) is 5.57. The Morgan fingerprint density at radius 3 is 2.73 bits per heavy atom. The van der Waals surface area contributed by atoms with Crippen LogP contribution in [0.4, 0.5) is 17.5 Å². The molecule has 10 heteroatoms. The standard InChI is InChI=1S/C23H25N9O/c24-15-6-1-2-7-17(15)28-23-29-22(20(21(25)33)30-31-23)27-16-8-5-9-18-14(16)11-13-32(18)19-10-3-4-12-26-19/h3-5,8-13,15,17H,1-2,6-7,24H2,(H2,25,33)(H2,27,28,29,31)/t15-,17+/m0/s1. The topological polar surface area (TPSA) is 150 Å². The van der Waals surface area contributed by atoms with Gasteiger partial charge in [0.15, 0.2) is 11.5 Å². The predicted octanol–water partition coefficient (Wildman–Crippen LogP) is 2.73. The van der Waals surface area contributed by atoms with Crippen LogP contribution in [0, 0.1) is 0 Å². The minimum Gasteiger partial charge on any atom is -0.364 e. The van der Waals surface area contributed by atoms with Gasteiger partial charge in [-0.25, -0.2) is 4.98 Å². The highest BCUT2D eigenvalue weighted by Crippen LogP contribution is 2.29. The lowest BCUT2D eigenvalue weighted by Gasteiger charge is -2.29. The van der Waals surface area contributed by atoms with E-state index in [2.05, 4.69) is 30.8 Å². The van der Waals surface area contributed by atoms with Crippen LogP contribution in [-0.2, 0) is 0 Å². The average molecular weight is 444 g/mol. The van der Waals surface area contributed by atoms with Crippen molar-refractivity contribution in [3.63, 3.8) is 0 Å². The van der Waals surface area contributed by atoms with Crippen molar-refractivity contribution < 1.29 is 4.79 Å². The molecule has 1 saturated carbocycles. The summed E-state index contributed by atoms with van der Waals surface area (Å²) in [6.07, 6.45) is 7.80. The molecule has 1 aromatic carbocycles. The molecule has 0 spiro atoms. The number of aromatic nitrogens is 5. The smallest absolute Gasteiger partial charge is 0.273 e. The second kappa shape index (κ2) is 8.83. The molecule has 1 aliphatic carbocycles. The number of primary amides is 1. The summed E-state index contributed by atoms with van der Waals surface area (Å²) >= 11 is 0. The SMILES string of the molecule is NC(=O)c1nnc(N[C@@H]2CCCC[C@@H]2N)nc1Nc1cccc2c1ccn2-c1ccccn1. The molecule has 0 bridgehead atoms. The van der Waals surface area contributed by atoms with Gasteiger partial charge in [0.25, 0.3) is 5.91 Å². The van der Waals surface area contributed by atoms with Gasteiger partial charge in [-0.1, -0.05) is 25.0 Å². The summed E-state index contributed by atoms with van der Waals surface area (Å²) in [6.45, 7) is 0. The van der Waals surface area contributed by atoms with Gasteiger partial charge in [-0.2, -0.15) is 4.98 Å². The van der Waals surface area contributed by atoms with Crippen LogP contribution in [0.2, 0.25) is 0 Å². The van der Waals surface area contributed by atoms with Gasteiger partial charge in [0.1, 0.15) is 5.82 Å². The fraction of sp³-hybridized carbons (Fsp3) is 0.261. The van der Waals surface area contributed by atoms with E-state index >= 15 is 0 Å². The first-order valence-electron chi connectivity index (χ1n) is 11.0. The molecule has 0 unspecified atom stereocenters. The van der Waals surface area contributed by atoms with E-state index in [1.807, 2.05) is 53.2 Å². The third kappa shape index (κ3) is 4.20. The predicted molar refractivity (Wildman–Crippen MR) is 127 cm³/mol. The molecule has 2 atom stereocenters. The maximum absolute atomic E-state index is 12.0. The number of nitrogens with zero attached hydrogens (tertiary/aromatic N) is 5. The van der Waals surface area contributed by atoms with Crippen LogP contribution in [0.1, 0.15) is 36.2 Å². The molecule has 1 aliphatic rings. The van der Waals surface area contributed by atoms with Crippen LogP contribution in [0.5, 0.6) is 0 Å². The lowest BCUT2D eigenvalue weighted by molar-refractivity contribution is 0.0995. The number of pyridine rings is 1. The number of hydrogen-bond acceptors (Lipinski definition) is 8. The quantitative estimate of drug-likeness (QED) is 0.355. The Hall–Kier alpha value is -4.05. The Labute approximate surface area is 190 Å². The number of carbonyl (C=O) groups excluding carboxylic acids is 1. The first-order valence-corrected chi connectivity index (χ1v) is 11.0. The van der Waals surface area contributed by atoms with Crippen LogP contribution in [-0.4, -0.2) is 42.7 Å². The van der Waals surface area contributed by atoms with Crippen LogP contribution in [0.15, 0.2) is 54.9 Å². The van der Waals surface area contributed by atoms with Crippen molar-refractivity contribution >= 4 is 34.3 Å². The van der Waals surface area contributed by atoms with E-state index in [0.29, 0.717) is 5.95 Å². The Morgan fingerprint density at radius 2 is 1.94 bits per heavy atom. The molecule has 3 heterocycles. The van der Waals surface area contributed by atoms with Crippen molar-refractivity contribution in [2.24, 2.45) is 11.5 Å². The number of hydrogen-bond donors (Lipinski definition) is 4. The van der Waals surface area contributed by atoms with Gasteiger partial charge in [-0.3, -0.25) is 4.79 Å². The van der Waals surface area contributed by atoms with Crippen LogP contribution < -0.4 is 22.1 Å². The van der Waals surface area contributed by atoms with Crippen molar-refractivity contribution in [2.45, 2.75) is 37.8 Å². The molecule has 1 amide bonds. The number of benzene rings is 1. The van der Waals surface area contributed by atoms with Crippen molar-refractivity contribution in [1.82, 2.24) is 24.7 Å². The number of carbonyl (C=O) groups is 1. The average Bonchev–Trinajstić information content (AvgIpc) is 3.26. The first-order chi connectivity index (χ1) is 16.1. The van der Waals surface area contributed by atoms with E-state index in [9.17, 15) is 4.79 Å². The third-order valence-electron chi connectivity index (χ3n) is 5.94. The summed E-state index contributed by atoms with van der Waals surface area (Å²) in [7, 11) is 0. The minimum atomic E-state index is -0.711. The zero-order valence-electron chi connectivity index (χ0n) is 18.0. The molecule has 0 saturated heterocycles. The zero-order chi connectivity index (χ0) is 22.8. The summed E-state index contributed by atoms with van der Waals surface area (Å²) in [5, 5.41) is 15.5. The fourth-order valence-corrected chi connectivity index (χ4v) is 4.24. The van der Waals surface area contributed by atoms with Gasteiger partial charge in [-0.05, 0) is 43.2 Å². The van der Waals surface area contributed by atoms with Crippen LogP contribution >= 0.6 is 0 Å². The van der Waals surface area contributed by atoms with Crippen molar-refractivity contribution in [3.8, 4) is 5.82 Å². The molecular weight excluding hydrogens is 418 g/mol. The number of fused-ring (bicyclic) bond motifs is 1. The Bertz CT molecular complexity index is 1290. The molecular formula is C23H25N9O. The molecule has 33 heavy (non-hydrogen) atoms. The normalized spacial score (nSPS) is 18.2. The molecule has 3 aromatic heterocycles. The van der Waals surface area contributed by atoms with E-state index in [0.717, 1.165) is 48.1 Å². The van der Waals surface area contributed by atoms with Gasteiger partial charge in [0, 0.05) is 35.6 Å². The van der Waals surface area contributed by atoms with Crippen molar-refractivity contribution in [3.05, 3.63) is 60.6 Å². The van der Waals surface area contributed by atoms with E-state index in [1.165, 1.54) is 0 Å². The van der Waals surface area contributed by atoms with E-state index in [1.54, 1.807) is 6.20 Å². The molecule has 10 nitrogen and oxygen atoms in total. The van der Waals surface area contributed by atoms with Gasteiger partial charge in [-0.15, -0.1) is 10.2 Å². The second-order valence-electron chi connectivity index (χ2n) is 8.13. The molecule has 0 radical (unpaired) electrons. The number of nitrogens with one attached hydrogen (secondary N) is 2. The Balaban J connectivity index is 1.49. The lowest BCUT2D eigenvalue weighted by atomic mass is 9.91. The summed E-state index contributed by atoms with van der Waals surface area (Å²) in [4.78, 5) is 21.0. The molecule has 4 aromatic rings. The number of nitrogens with two attached hydrogens (primary N) is 2. The van der Waals surface area contributed by atoms with Crippen molar-refractivity contribution in [1.29, 1.82) is 0 Å². The minimum absolute atomic E-state index is 0.0229. The molecule has 1 fully saturated rings. The van der Waals surface area contributed by atoms with Crippen molar-refractivity contribution in [2.75, 3.05) is 10.6 Å². The monoisotopic (exact) mass is 443 g/mol. The fourth-order valence-electron chi connectivity index (χ4n) is 4.24. The zero-order valence-corrected chi connectivity index (χ0v) is 18.0. The number of anilines is 3. The van der Waals surface area contributed by atoms with E-state index in [4.69, 9.17) is 11.5 Å². The van der Waals surface area contributed by atoms with E-state index < -0.39 is 5.91 Å². The molecule has 168 valence electrons. The summed E-state index contributed by atoms with van der Waals surface area (Å²) in [5.74, 6) is 0.642. The second-order valence-corrected chi connectivity index (χ2v) is 8.13. The van der Waals surface area contributed by atoms with Crippen LogP contribution in [0.25, 0.3) is 16.7 Å². The highest BCUT2D eigenvalue weighted by molar-refractivity contribution is 5.99. The first kappa shape index (κ1) is 20.8. The summed E-state index contributed by atoms with van der Waals surface area (Å²) < 4.78 is 1.99. The third-order valence-corrected chi connectivity index (χ3v) is 5.94. The highest BCUT2D eigenvalue weighted by atomic mass is 16.1. The molecule has 6 N–H and O–H groups in total. The maximum Gasteiger partial charge on any atom is 0.273 e. The summed E-state index contributed by atoms with van der Waals surface area (Å²) in [5.41, 5.74) is 13.5. The van der Waals surface area contributed by atoms with Gasteiger partial charge in [0.2, 0.25) is 5.95 Å². The van der Waals surface area contributed by atoms with Gasteiger partial charge >= 0.3 is 0 Å². The number of amides is 1. The maximum atomic E-state index is 12.0. The molecule has 0 aliphatic heterocycles. The lowest BCUT2D eigenvalue weighted by Crippen LogP contribution is -2.43. The molecule has 5 rings (SSSR count). The largest absolute Gasteiger partial charge is 0.364 e.